The summed E-state index contributed by atoms with van der Waals surface area (Å²) in [5.41, 5.74) is 0.927. The molecule has 0 saturated carbocycles. The van der Waals surface area contributed by atoms with Crippen LogP contribution in [0, 0.1) is 5.92 Å². The molecule has 1 heterocycles. The molecule has 0 N–H and O–H groups in total. The quantitative estimate of drug-likeness (QED) is 0.635. The van der Waals surface area contributed by atoms with Crippen LogP contribution in [0.3, 0.4) is 0 Å². The maximum atomic E-state index is 12.6. The van der Waals surface area contributed by atoms with Gasteiger partial charge in [0.25, 0.3) is 0 Å². The first-order chi connectivity index (χ1) is 9.63. The maximum Gasteiger partial charge on any atom is 0.316 e. The number of piperidine rings is 1. The van der Waals surface area contributed by atoms with Gasteiger partial charge < -0.3 is 9.80 Å². The van der Waals surface area contributed by atoms with Gasteiger partial charge in [-0.25, -0.2) is 0 Å². The lowest BCUT2D eigenvalue weighted by atomic mass is 9.95. The summed E-state index contributed by atoms with van der Waals surface area (Å²) in [6, 6.07) is 9.68. The van der Waals surface area contributed by atoms with Crippen molar-refractivity contribution in [1.82, 2.24) is 4.90 Å². The first-order valence-electron chi connectivity index (χ1n) is 6.94. The molecule has 1 aromatic carbocycles. The van der Waals surface area contributed by atoms with Crippen molar-refractivity contribution in [1.29, 1.82) is 0 Å². The Morgan fingerprint density at radius 3 is 2.35 bits per heavy atom. The van der Waals surface area contributed by atoms with Crippen LogP contribution >= 0.6 is 11.6 Å². The highest BCUT2D eigenvalue weighted by atomic mass is 35.5. The minimum Gasteiger partial charge on any atom is -0.329 e. The van der Waals surface area contributed by atoms with E-state index in [0.717, 1.165) is 5.69 Å². The van der Waals surface area contributed by atoms with E-state index in [4.69, 9.17) is 11.6 Å². The summed E-state index contributed by atoms with van der Waals surface area (Å²) >= 11 is 5.46. The molecule has 20 heavy (non-hydrogen) atoms. The number of para-hydroxylation sites is 1. The Kier molecular flexibility index (Phi) is 5.01. The molecule has 0 aromatic heterocycles. The monoisotopic (exact) mass is 294 g/mol. The molecule has 0 bridgehead atoms. The number of hydrogen-bond acceptors (Lipinski definition) is 2. The van der Waals surface area contributed by atoms with Crippen LogP contribution in [0.4, 0.5) is 10.5 Å². The number of rotatable bonds is 3. The minimum absolute atomic E-state index is 0.0255. The number of halogens is 1. The zero-order valence-electron chi connectivity index (χ0n) is 11.6. The minimum atomic E-state index is -0.425. The fourth-order valence-electron chi connectivity index (χ4n) is 2.60. The lowest BCUT2D eigenvalue weighted by Crippen LogP contribution is -2.43. The van der Waals surface area contributed by atoms with Crippen LogP contribution < -0.4 is 4.90 Å². The molecule has 2 amide bonds. The molecule has 108 valence electrons. The Balaban J connectivity index is 2.02. The Morgan fingerprint density at radius 1 is 1.25 bits per heavy atom. The van der Waals surface area contributed by atoms with Gasteiger partial charge in [-0.15, -0.1) is 0 Å². The van der Waals surface area contributed by atoms with Crippen molar-refractivity contribution in [2.75, 3.05) is 24.5 Å². The van der Waals surface area contributed by atoms with Crippen molar-refractivity contribution < 1.29 is 9.59 Å². The van der Waals surface area contributed by atoms with E-state index in [0.29, 0.717) is 32.5 Å². The fourth-order valence-corrected chi connectivity index (χ4v) is 2.77. The lowest BCUT2D eigenvalue weighted by Gasteiger charge is -2.33. The van der Waals surface area contributed by atoms with E-state index in [1.54, 1.807) is 4.90 Å². The van der Waals surface area contributed by atoms with Crippen molar-refractivity contribution in [3.05, 3.63) is 30.3 Å². The number of carbonyl (C=O) groups excluding carboxylic acids is 2. The lowest BCUT2D eigenvalue weighted by molar-refractivity contribution is -0.123. The second-order valence-corrected chi connectivity index (χ2v) is 5.26. The van der Waals surface area contributed by atoms with Gasteiger partial charge in [0.05, 0.1) is 0 Å². The van der Waals surface area contributed by atoms with E-state index in [2.05, 4.69) is 0 Å². The Bertz CT molecular complexity index is 470. The smallest absolute Gasteiger partial charge is 0.316 e. The molecule has 1 aliphatic rings. The highest BCUT2D eigenvalue weighted by Crippen LogP contribution is 2.23. The third kappa shape index (κ3) is 3.31. The molecule has 0 spiro atoms. The number of likely N-dealkylation sites (tertiary alicyclic amines) is 1. The summed E-state index contributed by atoms with van der Waals surface area (Å²) in [6.07, 6.45) is 1.36. The molecule has 2 rings (SSSR count). The van der Waals surface area contributed by atoms with Crippen molar-refractivity contribution in [3.63, 3.8) is 0 Å². The first kappa shape index (κ1) is 14.9. The number of amides is 2. The number of benzene rings is 1. The van der Waals surface area contributed by atoms with Crippen LogP contribution in [0.5, 0.6) is 0 Å². The van der Waals surface area contributed by atoms with E-state index in [1.165, 1.54) is 0 Å². The zero-order chi connectivity index (χ0) is 14.5. The van der Waals surface area contributed by atoms with Gasteiger partial charge in [-0.05, 0) is 43.5 Å². The van der Waals surface area contributed by atoms with Gasteiger partial charge in [0, 0.05) is 31.2 Å². The van der Waals surface area contributed by atoms with E-state index in [1.807, 2.05) is 42.2 Å². The van der Waals surface area contributed by atoms with Gasteiger partial charge in [-0.1, -0.05) is 18.2 Å². The zero-order valence-corrected chi connectivity index (χ0v) is 12.3. The predicted molar refractivity (Wildman–Crippen MR) is 80.0 cm³/mol. The molecule has 1 aliphatic heterocycles. The van der Waals surface area contributed by atoms with Gasteiger partial charge in [-0.2, -0.15) is 0 Å². The molecule has 4 nitrogen and oxygen atoms in total. The molecule has 0 aliphatic carbocycles. The molecule has 0 atom stereocenters. The molecular formula is C15H19ClN2O2. The molecule has 1 aromatic rings. The van der Waals surface area contributed by atoms with E-state index >= 15 is 0 Å². The molecule has 5 heteroatoms. The average molecular weight is 295 g/mol. The summed E-state index contributed by atoms with van der Waals surface area (Å²) in [7, 11) is 0. The van der Waals surface area contributed by atoms with Crippen LogP contribution in [-0.4, -0.2) is 35.8 Å². The Hall–Kier alpha value is -1.55. The van der Waals surface area contributed by atoms with Crippen molar-refractivity contribution in [2.45, 2.75) is 19.8 Å². The van der Waals surface area contributed by atoms with Crippen molar-refractivity contribution in [2.24, 2.45) is 5.92 Å². The topological polar surface area (TPSA) is 40.6 Å². The highest BCUT2D eigenvalue weighted by molar-refractivity contribution is 6.62. The third-order valence-electron chi connectivity index (χ3n) is 3.74. The SMILES string of the molecule is CCN(C(=O)C1CCN(C(=O)Cl)CC1)c1ccccc1. The summed E-state index contributed by atoms with van der Waals surface area (Å²) in [5.74, 6) is 0.114. The normalized spacial score (nSPS) is 16.0. The number of nitrogens with zero attached hydrogens (tertiary/aromatic N) is 2. The summed E-state index contributed by atoms with van der Waals surface area (Å²) in [5, 5.41) is -0.425. The molecule has 1 fully saturated rings. The Labute approximate surface area is 124 Å². The van der Waals surface area contributed by atoms with E-state index in [-0.39, 0.29) is 11.8 Å². The van der Waals surface area contributed by atoms with Gasteiger partial charge in [0.15, 0.2) is 0 Å². The highest BCUT2D eigenvalue weighted by Gasteiger charge is 2.29. The predicted octanol–water partition coefficient (Wildman–Crippen LogP) is 3.11. The van der Waals surface area contributed by atoms with Gasteiger partial charge in [0.1, 0.15) is 0 Å². The van der Waals surface area contributed by atoms with Crippen molar-refractivity contribution >= 4 is 28.6 Å². The van der Waals surface area contributed by atoms with Gasteiger partial charge in [0.2, 0.25) is 5.91 Å². The van der Waals surface area contributed by atoms with Crippen molar-refractivity contribution in [3.8, 4) is 0 Å². The standard InChI is InChI=1S/C15H19ClN2O2/c1-2-18(13-6-4-3-5-7-13)14(19)12-8-10-17(11-9-12)15(16)20/h3-7,12H,2,8-11H2,1H3. The summed E-state index contributed by atoms with van der Waals surface area (Å²) in [6.45, 7) is 3.75. The fraction of sp³-hybridized carbons (Fsp3) is 0.467. The van der Waals surface area contributed by atoms with Crippen LogP contribution in [0.1, 0.15) is 19.8 Å². The average Bonchev–Trinajstić information content (AvgIpc) is 2.49. The van der Waals surface area contributed by atoms with E-state index in [9.17, 15) is 9.59 Å². The van der Waals surface area contributed by atoms with Crippen LogP contribution in [0.15, 0.2) is 30.3 Å². The van der Waals surface area contributed by atoms with E-state index < -0.39 is 5.37 Å². The first-order valence-corrected chi connectivity index (χ1v) is 7.32. The molecule has 1 saturated heterocycles. The summed E-state index contributed by atoms with van der Waals surface area (Å²) in [4.78, 5) is 27.1. The number of carbonyl (C=O) groups is 2. The second kappa shape index (κ2) is 6.75. The molecule has 0 unspecified atom stereocenters. The van der Waals surface area contributed by atoms with Crippen LogP contribution in [0.25, 0.3) is 0 Å². The summed E-state index contributed by atoms with van der Waals surface area (Å²) < 4.78 is 0. The third-order valence-corrected chi connectivity index (χ3v) is 3.98. The van der Waals surface area contributed by atoms with Crippen LogP contribution in [0.2, 0.25) is 0 Å². The molecular weight excluding hydrogens is 276 g/mol. The maximum absolute atomic E-state index is 12.6. The second-order valence-electron chi connectivity index (χ2n) is 4.93. The largest absolute Gasteiger partial charge is 0.329 e. The van der Waals surface area contributed by atoms with Crippen LogP contribution in [-0.2, 0) is 4.79 Å². The Morgan fingerprint density at radius 2 is 1.85 bits per heavy atom. The van der Waals surface area contributed by atoms with Gasteiger partial charge in [-0.3, -0.25) is 9.59 Å². The number of anilines is 1. The molecule has 0 radical (unpaired) electrons. The van der Waals surface area contributed by atoms with Gasteiger partial charge >= 0.3 is 5.37 Å². The number of hydrogen-bond donors (Lipinski definition) is 0.